The maximum atomic E-state index is 12.3. The summed E-state index contributed by atoms with van der Waals surface area (Å²) < 4.78 is 27.3. The SMILES string of the molecule is CN(C)S(=O)(=O)c1cccc(CSc2nnc(-c3ccc(C(C)(C)C)cc3)n2N)c1. The molecule has 3 rings (SSSR count). The lowest BCUT2D eigenvalue weighted by Crippen LogP contribution is -2.22. The van der Waals surface area contributed by atoms with Crippen molar-refractivity contribution in [1.29, 1.82) is 0 Å². The number of nitrogen functional groups attached to an aromatic ring is 1. The molecule has 0 atom stereocenters. The average molecular weight is 446 g/mol. The number of hydrogen-bond donors (Lipinski definition) is 1. The van der Waals surface area contributed by atoms with Crippen molar-refractivity contribution < 1.29 is 8.42 Å². The summed E-state index contributed by atoms with van der Waals surface area (Å²) in [6.45, 7) is 6.50. The van der Waals surface area contributed by atoms with E-state index in [0.717, 1.165) is 11.1 Å². The van der Waals surface area contributed by atoms with E-state index >= 15 is 0 Å². The Hall–Kier alpha value is -2.36. The molecule has 0 aliphatic rings. The molecule has 0 radical (unpaired) electrons. The number of nitrogens with zero attached hydrogens (tertiary/aromatic N) is 4. The zero-order valence-electron chi connectivity index (χ0n) is 17.8. The first-order chi connectivity index (χ1) is 14.0. The lowest BCUT2D eigenvalue weighted by atomic mass is 9.87. The molecule has 1 heterocycles. The van der Waals surface area contributed by atoms with Crippen LogP contribution in [-0.2, 0) is 21.2 Å². The van der Waals surface area contributed by atoms with E-state index in [1.165, 1.54) is 40.4 Å². The van der Waals surface area contributed by atoms with Crippen LogP contribution in [0.15, 0.2) is 58.6 Å². The molecular formula is C21H27N5O2S2. The Morgan fingerprint density at radius 3 is 2.33 bits per heavy atom. The van der Waals surface area contributed by atoms with Gasteiger partial charge >= 0.3 is 0 Å². The van der Waals surface area contributed by atoms with E-state index in [2.05, 4.69) is 43.1 Å². The second kappa shape index (κ2) is 8.41. The Morgan fingerprint density at radius 1 is 1.07 bits per heavy atom. The highest BCUT2D eigenvalue weighted by atomic mass is 32.2. The van der Waals surface area contributed by atoms with Gasteiger partial charge in [-0.25, -0.2) is 17.4 Å². The van der Waals surface area contributed by atoms with Gasteiger partial charge in [0.25, 0.3) is 0 Å². The minimum Gasteiger partial charge on any atom is -0.335 e. The van der Waals surface area contributed by atoms with Crippen molar-refractivity contribution in [3.8, 4) is 11.4 Å². The summed E-state index contributed by atoms with van der Waals surface area (Å²) in [6, 6.07) is 15.0. The lowest BCUT2D eigenvalue weighted by Gasteiger charge is -2.19. The second-order valence-corrected chi connectivity index (χ2v) is 11.3. The Balaban J connectivity index is 1.77. The van der Waals surface area contributed by atoms with Crippen LogP contribution in [0.25, 0.3) is 11.4 Å². The van der Waals surface area contributed by atoms with Gasteiger partial charge in [0, 0.05) is 25.4 Å². The van der Waals surface area contributed by atoms with Crippen LogP contribution in [0.2, 0.25) is 0 Å². The molecule has 0 amide bonds. The van der Waals surface area contributed by atoms with Gasteiger partial charge in [0.15, 0.2) is 5.82 Å². The van der Waals surface area contributed by atoms with Crippen molar-refractivity contribution in [1.82, 2.24) is 19.2 Å². The van der Waals surface area contributed by atoms with Crippen molar-refractivity contribution in [2.45, 2.75) is 42.0 Å². The number of rotatable bonds is 6. The van der Waals surface area contributed by atoms with Gasteiger partial charge < -0.3 is 5.84 Å². The van der Waals surface area contributed by atoms with E-state index in [1.807, 2.05) is 18.2 Å². The molecule has 3 aromatic rings. The predicted octanol–water partition coefficient (Wildman–Crippen LogP) is 3.50. The highest BCUT2D eigenvalue weighted by Crippen LogP contribution is 2.28. The molecule has 7 nitrogen and oxygen atoms in total. The molecule has 160 valence electrons. The second-order valence-electron chi connectivity index (χ2n) is 8.23. The van der Waals surface area contributed by atoms with Crippen LogP contribution in [0.5, 0.6) is 0 Å². The third-order valence-corrected chi connectivity index (χ3v) is 7.54. The number of aromatic nitrogens is 3. The zero-order chi connectivity index (χ0) is 22.1. The summed E-state index contributed by atoms with van der Waals surface area (Å²) in [6.07, 6.45) is 0. The maximum absolute atomic E-state index is 12.3. The fourth-order valence-electron chi connectivity index (χ4n) is 2.85. The van der Waals surface area contributed by atoms with E-state index < -0.39 is 10.0 Å². The van der Waals surface area contributed by atoms with Gasteiger partial charge in [0.2, 0.25) is 15.2 Å². The van der Waals surface area contributed by atoms with E-state index in [-0.39, 0.29) is 10.3 Å². The highest BCUT2D eigenvalue weighted by Gasteiger charge is 2.18. The fourth-order valence-corrected chi connectivity index (χ4v) is 4.62. The smallest absolute Gasteiger partial charge is 0.242 e. The van der Waals surface area contributed by atoms with Crippen molar-refractivity contribution >= 4 is 21.8 Å². The summed E-state index contributed by atoms with van der Waals surface area (Å²) in [7, 11) is -0.436. The van der Waals surface area contributed by atoms with Gasteiger partial charge in [-0.15, -0.1) is 10.2 Å². The number of sulfonamides is 1. The van der Waals surface area contributed by atoms with E-state index in [4.69, 9.17) is 5.84 Å². The average Bonchev–Trinajstić information content (AvgIpc) is 3.06. The molecule has 0 spiro atoms. The number of thioether (sulfide) groups is 1. The van der Waals surface area contributed by atoms with Crippen LogP contribution in [0, 0.1) is 0 Å². The highest BCUT2D eigenvalue weighted by molar-refractivity contribution is 7.98. The Bertz CT molecular complexity index is 1130. The van der Waals surface area contributed by atoms with E-state index in [9.17, 15) is 8.42 Å². The quantitative estimate of drug-likeness (QED) is 0.461. The van der Waals surface area contributed by atoms with Crippen molar-refractivity contribution in [3.63, 3.8) is 0 Å². The Morgan fingerprint density at radius 2 is 1.73 bits per heavy atom. The molecule has 0 unspecified atom stereocenters. The first-order valence-corrected chi connectivity index (χ1v) is 11.9. The Labute approximate surface area is 182 Å². The maximum Gasteiger partial charge on any atom is 0.242 e. The van der Waals surface area contributed by atoms with Crippen LogP contribution in [0.4, 0.5) is 0 Å². The standard InChI is InChI=1S/C21H27N5O2S2/c1-21(2,3)17-11-9-16(10-12-17)19-23-24-20(26(19)22)29-14-15-7-6-8-18(13-15)30(27,28)25(4)5/h6-13H,14,22H2,1-5H3. The first-order valence-electron chi connectivity index (χ1n) is 9.46. The van der Waals surface area contributed by atoms with Gasteiger partial charge in [-0.1, -0.05) is 68.9 Å². The molecule has 0 saturated carbocycles. The van der Waals surface area contributed by atoms with Crippen LogP contribution < -0.4 is 5.84 Å². The summed E-state index contributed by atoms with van der Waals surface area (Å²) in [5, 5.41) is 9.00. The fraction of sp³-hybridized carbons (Fsp3) is 0.333. The van der Waals surface area contributed by atoms with Crippen molar-refractivity contribution in [2.75, 3.05) is 19.9 Å². The topological polar surface area (TPSA) is 94.1 Å². The Kier molecular flexibility index (Phi) is 6.26. The third-order valence-electron chi connectivity index (χ3n) is 4.72. The van der Waals surface area contributed by atoms with Gasteiger partial charge in [0.05, 0.1) is 4.90 Å². The molecule has 1 aromatic heterocycles. The minimum atomic E-state index is -3.47. The van der Waals surface area contributed by atoms with E-state index in [0.29, 0.717) is 16.7 Å². The first kappa shape index (κ1) is 22.3. The summed E-state index contributed by atoms with van der Waals surface area (Å²) in [5.74, 6) is 7.34. The lowest BCUT2D eigenvalue weighted by molar-refractivity contribution is 0.520. The predicted molar refractivity (Wildman–Crippen MR) is 121 cm³/mol. The summed E-state index contributed by atoms with van der Waals surface area (Å²) in [4.78, 5) is 0.263. The molecule has 0 aliphatic heterocycles. The summed E-state index contributed by atoms with van der Waals surface area (Å²) in [5.41, 5.74) is 3.06. The molecule has 30 heavy (non-hydrogen) atoms. The van der Waals surface area contributed by atoms with Crippen LogP contribution in [0.1, 0.15) is 31.9 Å². The molecule has 0 bridgehead atoms. The molecule has 2 aromatic carbocycles. The minimum absolute atomic E-state index is 0.0739. The van der Waals surface area contributed by atoms with Crippen molar-refractivity contribution in [3.05, 3.63) is 59.7 Å². The van der Waals surface area contributed by atoms with Crippen LogP contribution in [-0.4, -0.2) is 41.7 Å². The van der Waals surface area contributed by atoms with Gasteiger partial charge in [-0.05, 0) is 28.7 Å². The molecule has 0 aliphatic carbocycles. The van der Waals surface area contributed by atoms with E-state index in [1.54, 1.807) is 18.2 Å². The van der Waals surface area contributed by atoms with Crippen molar-refractivity contribution in [2.24, 2.45) is 0 Å². The zero-order valence-corrected chi connectivity index (χ0v) is 19.5. The van der Waals surface area contributed by atoms with Crippen LogP contribution in [0.3, 0.4) is 0 Å². The van der Waals surface area contributed by atoms with Crippen LogP contribution >= 0.6 is 11.8 Å². The largest absolute Gasteiger partial charge is 0.335 e. The monoisotopic (exact) mass is 445 g/mol. The molecule has 9 heteroatoms. The number of benzene rings is 2. The number of nitrogens with two attached hydrogens (primary N) is 1. The van der Waals surface area contributed by atoms with Gasteiger partial charge in [-0.2, -0.15) is 0 Å². The third kappa shape index (κ3) is 4.69. The molecule has 2 N–H and O–H groups in total. The van der Waals surface area contributed by atoms with Gasteiger partial charge in [0.1, 0.15) is 0 Å². The summed E-state index contributed by atoms with van der Waals surface area (Å²) >= 11 is 1.41. The molecular weight excluding hydrogens is 418 g/mol. The normalized spacial score (nSPS) is 12.5. The molecule has 0 fully saturated rings. The van der Waals surface area contributed by atoms with Gasteiger partial charge in [-0.3, -0.25) is 0 Å². The molecule has 0 saturated heterocycles. The number of hydrogen-bond acceptors (Lipinski definition) is 6.